The average molecular weight is 426 g/mol. The van der Waals surface area contributed by atoms with Crippen molar-refractivity contribution in [2.75, 3.05) is 18.4 Å². The van der Waals surface area contributed by atoms with E-state index in [2.05, 4.69) is 15.5 Å². The molecule has 4 rings (SSSR count). The van der Waals surface area contributed by atoms with Gasteiger partial charge in [0.2, 0.25) is 0 Å². The zero-order valence-electron chi connectivity index (χ0n) is 17.4. The third-order valence-corrected chi connectivity index (χ3v) is 6.45. The maximum absolute atomic E-state index is 13.2. The highest BCUT2D eigenvalue weighted by atomic mass is 19.1. The third kappa shape index (κ3) is 5.22. The zero-order chi connectivity index (χ0) is 21.8. The molecule has 2 aromatic rings. The first-order valence-electron chi connectivity index (χ1n) is 10.8. The fourth-order valence-corrected chi connectivity index (χ4v) is 4.68. The van der Waals surface area contributed by atoms with Crippen molar-refractivity contribution in [2.45, 2.75) is 50.1 Å². The average Bonchev–Trinajstić information content (AvgIpc) is 3.14. The van der Waals surface area contributed by atoms with Gasteiger partial charge in [-0.1, -0.05) is 18.2 Å². The lowest BCUT2D eigenvalue weighted by Crippen LogP contribution is -2.61. The van der Waals surface area contributed by atoms with Gasteiger partial charge in [0.05, 0.1) is 11.1 Å². The smallest absolute Gasteiger partial charge is 0.335 e. The Morgan fingerprint density at radius 2 is 1.90 bits per heavy atom. The summed E-state index contributed by atoms with van der Waals surface area (Å²) in [4.78, 5) is 26.3. The minimum atomic E-state index is -1.03. The Balaban J connectivity index is 1.37. The first-order chi connectivity index (χ1) is 14.9. The van der Waals surface area contributed by atoms with Gasteiger partial charge < -0.3 is 15.7 Å². The van der Waals surface area contributed by atoms with Crippen LogP contribution in [0.1, 0.15) is 48.0 Å². The first kappa shape index (κ1) is 21.3. The molecular weight excluding hydrogens is 397 g/mol. The summed E-state index contributed by atoms with van der Waals surface area (Å²) < 4.78 is 13.2. The van der Waals surface area contributed by atoms with Crippen LogP contribution in [0.4, 0.5) is 14.9 Å². The number of carbonyl (C=O) groups excluding carboxylic acids is 1. The van der Waals surface area contributed by atoms with Gasteiger partial charge in [0.25, 0.3) is 0 Å². The Morgan fingerprint density at radius 1 is 1.13 bits per heavy atom. The van der Waals surface area contributed by atoms with E-state index in [1.165, 1.54) is 24.3 Å². The fraction of sp³-hybridized carbons (Fsp3) is 0.417. The summed E-state index contributed by atoms with van der Waals surface area (Å²) in [6.45, 7) is 1.79. The Morgan fingerprint density at radius 3 is 2.58 bits per heavy atom. The molecule has 1 aliphatic carbocycles. The van der Waals surface area contributed by atoms with E-state index >= 15 is 0 Å². The number of halogens is 1. The van der Waals surface area contributed by atoms with Crippen LogP contribution in [-0.2, 0) is 6.42 Å². The molecule has 1 saturated heterocycles. The normalized spacial score (nSPS) is 20.1. The standard InChI is InChI=1S/C24H28FN3O3/c25-19-9-7-17(8-10-19)14-21-6-2-13-28(21)16-24(11-3-12-24)27-23(31)26-20-5-1-4-18(15-20)22(29)30/h1,4-5,7-10,15,21H,2-3,6,11-14,16H2,(H,29,30)(H2,26,27,31). The summed E-state index contributed by atoms with van der Waals surface area (Å²) in [5.41, 5.74) is 1.46. The monoisotopic (exact) mass is 425 g/mol. The first-order valence-corrected chi connectivity index (χ1v) is 10.8. The molecule has 1 saturated carbocycles. The van der Waals surface area contributed by atoms with E-state index in [9.17, 15) is 14.0 Å². The lowest BCUT2D eigenvalue weighted by atomic mass is 9.76. The maximum Gasteiger partial charge on any atom is 0.335 e. The minimum absolute atomic E-state index is 0.136. The number of nitrogens with zero attached hydrogens (tertiary/aromatic N) is 1. The van der Waals surface area contributed by atoms with Gasteiger partial charge in [-0.25, -0.2) is 14.0 Å². The molecule has 1 aliphatic heterocycles. The van der Waals surface area contributed by atoms with Crippen LogP contribution in [0.25, 0.3) is 0 Å². The number of urea groups is 1. The van der Waals surface area contributed by atoms with Crippen molar-refractivity contribution < 1.29 is 19.1 Å². The van der Waals surface area contributed by atoms with Gasteiger partial charge in [-0.3, -0.25) is 4.90 Å². The third-order valence-electron chi connectivity index (χ3n) is 6.45. The second-order valence-electron chi connectivity index (χ2n) is 8.70. The van der Waals surface area contributed by atoms with E-state index in [1.54, 1.807) is 12.1 Å². The number of nitrogens with one attached hydrogen (secondary N) is 2. The number of anilines is 1. The second kappa shape index (κ2) is 9.06. The molecule has 2 amide bonds. The summed E-state index contributed by atoms with van der Waals surface area (Å²) in [6, 6.07) is 13.0. The predicted octanol–water partition coefficient (Wildman–Crippen LogP) is 4.28. The quantitative estimate of drug-likeness (QED) is 0.619. The zero-order valence-corrected chi connectivity index (χ0v) is 17.4. The molecule has 2 aromatic carbocycles. The highest BCUT2D eigenvalue weighted by Crippen LogP contribution is 2.35. The number of hydrogen-bond donors (Lipinski definition) is 3. The van der Waals surface area contributed by atoms with E-state index < -0.39 is 5.97 Å². The Kier molecular flexibility index (Phi) is 6.23. The van der Waals surface area contributed by atoms with Crippen LogP contribution in [0.5, 0.6) is 0 Å². The molecule has 31 heavy (non-hydrogen) atoms. The van der Waals surface area contributed by atoms with Gasteiger partial charge in [0.1, 0.15) is 5.82 Å². The number of hydrogen-bond acceptors (Lipinski definition) is 3. The SMILES string of the molecule is O=C(Nc1cccc(C(=O)O)c1)NC1(CN2CCCC2Cc2ccc(F)cc2)CCC1. The molecule has 0 spiro atoms. The number of rotatable bonds is 7. The van der Waals surface area contributed by atoms with Crippen LogP contribution in [0, 0.1) is 5.82 Å². The number of carboxylic acids is 1. The molecule has 1 atom stereocenters. The highest BCUT2D eigenvalue weighted by Gasteiger charge is 2.42. The fourth-order valence-electron chi connectivity index (χ4n) is 4.68. The Labute approximate surface area is 181 Å². The topological polar surface area (TPSA) is 81.7 Å². The summed E-state index contributed by atoms with van der Waals surface area (Å²) in [6.07, 6.45) is 6.03. The van der Waals surface area contributed by atoms with Crippen molar-refractivity contribution in [3.63, 3.8) is 0 Å². The van der Waals surface area contributed by atoms with Gasteiger partial charge in [-0.05, 0) is 81.0 Å². The van der Waals surface area contributed by atoms with Crippen molar-refractivity contribution in [3.05, 3.63) is 65.5 Å². The molecule has 1 heterocycles. The maximum atomic E-state index is 13.2. The van der Waals surface area contributed by atoms with E-state index in [1.807, 2.05) is 12.1 Å². The summed E-state index contributed by atoms with van der Waals surface area (Å²) in [5, 5.41) is 15.1. The lowest BCUT2D eigenvalue weighted by Gasteiger charge is -2.46. The van der Waals surface area contributed by atoms with Crippen molar-refractivity contribution in [3.8, 4) is 0 Å². The summed E-state index contributed by atoms with van der Waals surface area (Å²) in [7, 11) is 0. The molecule has 2 fully saturated rings. The van der Waals surface area contributed by atoms with Gasteiger partial charge in [0, 0.05) is 18.3 Å². The number of benzene rings is 2. The highest BCUT2D eigenvalue weighted by molar-refractivity contribution is 5.93. The van der Waals surface area contributed by atoms with Crippen LogP contribution < -0.4 is 10.6 Å². The summed E-state index contributed by atoms with van der Waals surface area (Å²) >= 11 is 0. The molecule has 0 radical (unpaired) electrons. The van der Waals surface area contributed by atoms with E-state index in [-0.39, 0.29) is 23.0 Å². The number of carboxylic acid groups (broad SMARTS) is 1. The summed E-state index contributed by atoms with van der Waals surface area (Å²) in [5.74, 6) is -1.25. The van der Waals surface area contributed by atoms with Gasteiger partial charge >= 0.3 is 12.0 Å². The molecule has 0 aromatic heterocycles. The molecule has 6 nitrogen and oxygen atoms in total. The van der Waals surface area contributed by atoms with Crippen LogP contribution >= 0.6 is 0 Å². The van der Waals surface area contributed by atoms with Crippen molar-refractivity contribution in [1.82, 2.24) is 10.2 Å². The molecular formula is C24H28FN3O3. The van der Waals surface area contributed by atoms with Gasteiger partial charge in [0.15, 0.2) is 0 Å². The molecule has 1 unspecified atom stereocenters. The lowest BCUT2D eigenvalue weighted by molar-refractivity contribution is 0.0697. The number of amides is 2. The minimum Gasteiger partial charge on any atom is -0.478 e. The molecule has 7 heteroatoms. The van der Waals surface area contributed by atoms with Crippen molar-refractivity contribution >= 4 is 17.7 Å². The van der Waals surface area contributed by atoms with Crippen LogP contribution in [0.15, 0.2) is 48.5 Å². The van der Waals surface area contributed by atoms with Crippen LogP contribution in [0.2, 0.25) is 0 Å². The number of carbonyl (C=O) groups is 2. The molecule has 3 N–H and O–H groups in total. The van der Waals surface area contributed by atoms with Gasteiger partial charge in [-0.2, -0.15) is 0 Å². The Bertz CT molecular complexity index is 943. The molecule has 0 bridgehead atoms. The van der Waals surface area contributed by atoms with E-state index in [0.717, 1.165) is 57.2 Å². The second-order valence-corrected chi connectivity index (χ2v) is 8.70. The van der Waals surface area contributed by atoms with Crippen LogP contribution in [0.3, 0.4) is 0 Å². The molecule has 2 aliphatic rings. The van der Waals surface area contributed by atoms with Crippen LogP contribution in [-0.4, -0.2) is 46.7 Å². The molecule has 164 valence electrons. The number of likely N-dealkylation sites (tertiary alicyclic amines) is 1. The van der Waals surface area contributed by atoms with E-state index in [0.29, 0.717) is 11.7 Å². The Hall–Kier alpha value is -2.93. The van der Waals surface area contributed by atoms with Gasteiger partial charge in [-0.15, -0.1) is 0 Å². The van der Waals surface area contributed by atoms with E-state index in [4.69, 9.17) is 5.11 Å². The number of aromatic carboxylic acids is 1. The van der Waals surface area contributed by atoms with Crippen molar-refractivity contribution in [2.24, 2.45) is 0 Å². The predicted molar refractivity (Wildman–Crippen MR) is 117 cm³/mol. The largest absolute Gasteiger partial charge is 0.478 e. The van der Waals surface area contributed by atoms with Crippen molar-refractivity contribution in [1.29, 1.82) is 0 Å².